The molecule has 8 atom stereocenters. The molecule has 2 saturated heterocycles. The molecule has 70 heavy (non-hydrogen) atoms. The number of H-pyrrole nitrogens is 2. The predicted octanol–water partition coefficient (Wildman–Crippen LogP) is 8.24. The Morgan fingerprint density at radius 2 is 1.01 bits per heavy atom. The minimum absolute atomic E-state index is 0.0913. The van der Waals surface area contributed by atoms with Crippen LogP contribution in [0, 0.1) is 47.4 Å². The number of aryl methyl sites for hydroxylation is 4. The highest BCUT2D eigenvalue weighted by atomic mass is 16.5. The van der Waals surface area contributed by atoms with Crippen LogP contribution < -0.4 is 10.6 Å². The fraction of sp³-hybridized carbons (Fsp3) is 0.536. The predicted molar refractivity (Wildman–Crippen MR) is 265 cm³/mol. The van der Waals surface area contributed by atoms with Crippen LogP contribution in [0.4, 0.5) is 9.59 Å². The number of aromatic nitrogens is 4. The number of imidazole rings is 2. The minimum Gasteiger partial charge on any atom is -0.453 e. The van der Waals surface area contributed by atoms with Crippen LogP contribution in [0.25, 0.3) is 0 Å². The van der Waals surface area contributed by atoms with Gasteiger partial charge in [0.15, 0.2) is 0 Å². The Balaban J connectivity index is 0.907. The average molecular weight is 949 g/mol. The molecule has 8 aliphatic rings. The van der Waals surface area contributed by atoms with E-state index in [1.807, 2.05) is 37.5 Å². The van der Waals surface area contributed by atoms with Crippen LogP contribution in [0.1, 0.15) is 160 Å². The molecule has 2 aliphatic heterocycles. The van der Waals surface area contributed by atoms with Gasteiger partial charge >= 0.3 is 12.2 Å². The summed E-state index contributed by atoms with van der Waals surface area (Å²) in [5.74, 6) is 15.6. The lowest BCUT2D eigenvalue weighted by molar-refractivity contribution is -0.139. The number of fused-ring (bicyclic) bond motifs is 2. The number of amides is 4. The highest BCUT2D eigenvalue weighted by Gasteiger charge is 2.50. The highest BCUT2D eigenvalue weighted by molar-refractivity contribution is 5.87. The number of nitrogens with one attached hydrogen (secondary N) is 4. The molecule has 4 N–H and O–H groups in total. The first-order valence-electron chi connectivity index (χ1n) is 25.6. The van der Waals surface area contributed by atoms with Crippen LogP contribution in [-0.2, 0) is 44.7 Å². The molecule has 14 nitrogen and oxygen atoms in total. The quantitative estimate of drug-likeness (QED) is 0.128. The maximum Gasteiger partial charge on any atom is 0.407 e. The zero-order valence-electron chi connectivity index (χ0n) is 41.5. The van der Waals surface area contributed by atoms with Crippen LogP contribution in [0.2, 0.25) is 0 Å². The highest BCUT2D eigenvalue weighted by Crippen LogP contribution is 2.47. The van der Waals surface area contributed by atoms with E-state index in [1.165, 1.54) is 36.5 Å². The third-order valence-corrected chi connectivity index (χ3v) is 15.7. The van der Waals surface area contributed by atoms with Crippen molar-refractivity contribution in [2.45, 2.75) is 154 Å². The molecular formula is C56H68N8O6. The first-order valence-corrected chi connectivity index (χ1v) is 25.6. The Bertz CT molecular complexity index is 2530. The molecule has 2 saturated carbocycles. The number of benzene rings is 2. The van der Waals surface area contributed by atoms with E-state index >= 15 is 0 Å². The van der Waals surface area contributed by atoms with Gasteiger partial charge in [0.05, 0.1) is 38.7 Å². The Morgan fingerprint density at radius 3 is 1.41 bits per heavy atom. The van der Waals surface area contributed by atoms with E-state index < -0.39 is 24.3 Å². The van der Waals surface area contributed by atoms with Crippen LogP contribution in [0.15, 0.2) is 48.8 Å². The van der Waals surface area contributed by atoms with Crippen molar-refractivity contribution in [2.24, 2.45) is 23.7 Å². The summed E-state index contributed by atoms with van der Waals surface area (Å²) in [4.78, 5) is 73.8. The number of aromatic amines is 2. The number of rotatable bonds is 8. The molecule has 4 heterocycles. The Kier molecular flexibility index (Phi) is 14.7. The third-order valence-electron chi connectivity index (χ3n) is 15.7. The van der Waals surface area contributed by atoms with E-state index in [0.717, 1.165) is 113 Å². The molecule has 12 rings (SSSR count). The third kappa shape index (κ3) is 10.3. The van der Waals surface area contributed by atoms with Crippen molar-refractivity contribution in [3.63, 3.8) is 0 Å². The maximum atomic E-state index is 14.3. The normalized spacial score (nSPS) is 23.4. The molecular weight excluding hydrogens is 881 g/mol. The number of ether oxygens (including phenoxy) is 2. The first kappa shape index (κ1) is 48.5. The molecule has 4 fully saturated rings. The van der Waals surface area contributed by atoms with Crippen LogP contribution >= 0.6 is 0 Å². The van der Waals surface area contributed by atoms with Gasteiger partial charge in [-0.15, -0.1) is 0 Å². The molecule has 368 valence electrons. The van der Waals surface area contributed by atoms with Gasteiger partial charge in [0.2, 0.25) is 11.8 Å². The number of carbonyl (C=O) groups is 4. The number of nitrogens with zero attached hydrogens (tertiary/aromatic N) is 4. The van der Waals surface area contributed by atoms with E-state index in [4.69, 9.17) is 19.4 Å². The molecule has 14 heteroatoms. The van der Waals surface area contributed by atoms with Gasteiger partial charge in [-0.05, 0) is 134 Å². The molecule has 6 aliphatic carbocycles. The van der Waals surface area contributed by atoms with Crippen molar-refractivity contribution >= 4 is 24.0 Å². The number of hydrogen-bond donors (Lipinski definition) is 4. The minimum atomic E-state index is -0.702. The van der Waals surface area contributed by atoms with Crippen molar-refractivity contribution in [1.82, 2.24) is 40.4 Å². The standard InChI is InChI=1S/C56H68N8O6/c1-33(2)49(61-55(67)69-5)53(65)63-45-13-9-7-11-41(45)29-47(63)51-57-31-43(59-51)25-23-39-27-35-15-19-37(39)21-17-36-16-20-38(22-18-35)40(28-36)24-26-44-32-58-52(60-44)48-30-42-12-8-10-14-46(42)64(48)54(66)50(34(3)4)62-56(68)70-6/h15-16,19-20,27-28,31-34,41-42,45-50H,7-14,17-18,21-22,29-30H2,1-6H3,(H,57,59)(H,58,60)(H,61,67)(H,62,68)/t41-,42-,45-,46-,47-,48-,49-,50-/m0/s1. The number of carbonyl (C=O) groups excluding carboxylic acids is 4. The summed E-state index contributed by atoms with van der Waals surface area (Å²) in [6, 6.07) is 11.6. The molecule has 4 bridgehead atoms. The lowest BCUT2D eigenvalue weighted by Gasteiger charge is -2.36. The lowest BCUT2D eigenvalue weighted by atomic mass is 9.84. The number of alkyl carbamates (subject to hydrolysis) is 2. The monoisotopic (exact) mass is 949 g/mol. The topological polar surface area (TPSA) is 175 Å². The van der Waals surface area contributed by atoms with Gasteiger partial charge in [-0.3, -0.25) is 9.59 Å². The summed E-state index contributed by atoms with van der Waals surface area (Å²) in [6.45, 7) is 7.77. The van der Waals surface area contributed by atoms with Crippen LogP contribution in [0.3, 0.4) is 0 Å². The maximum absolute atomic E-state index is 14.3. The van der Waals surface area contributed by atoms with Crippen molar-refractivity contribution in [2.75, 3.05) is 14.2 Å². The largest absolute Gasteiger partial charge is 0.453 e. The van der Waals surface area contributed by atoms with Crippen molar-refractivity contribution < 1.29 is 28.7 Å². The van der Waals surface area contributed by atoms with Gasteiger partial charge in [0.1, 0.15) is 35.1 Å². The summed E-state index contributed by atoms with van der Waals surface area (Å²) in [7, 11) is 2.64. The molecule has 0 radical (unpaired) electrons. The van der Waals surface area contributed by atoms with Gasteiger partial charge in [-0.25, -0.2) is 19.6 Å². The van der Waals surface area contributed by atoms with Crippen molar-refractivity contribution in [3.8, 4) is 23.7 Å². The zero-order valence-corrected chi connectivity index (χ0v) is 41.5. The van der Waals surface area contributed by atoms with Gasteiger partial charge in [0, 0.05) is 23.2 Å². The number of hydrogen-bond acceptors (Lipinski definition) is 8. The average Bonchev–Trinajstić information content (AvgIpc) is 4.19. The lowest BCUT2D eigenvalue weighted by Crippen LogP contribution is -2.53. The smallest absolute Gasteiger partial charge is 0.407 e. The zero-order chi connectivity index (χ0) is 49.1. The summed E-state index contributed by atoms with van der Waals surface area (Å²) in [6.07, 6.45) is 15.7. The van der Waals surface area contributed by atoms with E-state index in [-0.39, 0.29) is 47.8 Å². The van der Waals surface area contributed by atoms with Gasteiger partial charge in [-0.1, -0.05) is 89.5 Å². The van der Waals surface area contributed by atoms with Crippen molar-refractivity contribution in [3.05, 3.63) is 105 Å². The molecule has 0 unspecified atom stereocenters. The van der Waals surface area contributed by atoms with Gasteiger partial charge in [-0.2, -0.15) is 0 Å². The summed E-state index contributed by atoms with van der Waals surface area (Å²) in [5, 5.41) is 5.60. The van der Waals surface area contributed by atoms with Crippen LogP contribution in [0.5, 0.6) is 0 Å². The Morgan fingerprint density at radius 1 is 0.600 bits per heavy atom. The summed E-state index contributed by atoms with van der Waals surface area (Å²) < 4.78 is 9.78. The first-order chi connectivity index (χ1) is 33.9. The SMILES string of the molecule is COC(=O)N[C@H](C(=O)N1[C@H](c2ncc(C#Cc3cc4ccc3CCc3ccc(c(C#Cc5cnc([C@@H]6C[C@@H]7CCCC[C@@H]7N6C(=O)[C@@H](NC(=O)OC)C(C)C)[nH]5)c3)CC4)[nH]2)C[C@@H]2CCCC[C@@H]21)C(C)C. The number of methoxy groups -OCH3 is 2. The molecule has 4 amide bonds. The second kappa shape index (κ2) is 21.2. The van der Waals surface area contributed by atoms with E-state index in [9.17, 15) is 19.2 Å². The second-order valence-electron chi connectivity index (χ2n) is 20.8. The fourth-order valence-electron chi connectivity index (χ4n) is 12.0. The Labute approximate surface area is 412 Å². The fourth-order valence-corrected chi connectivity index (χ4v) is 12.0. The van der Waals surface area contributed by atoms with Crippen LogP contribution in [-0.4, -0.2) is 92.1 Å². The van der Waals surface area contributed by atoms with Gasteiger partial charge < -0.3 is 39.9 Å². The van der Waals surface area contributed by atoms with Gasteiger partial charge in [0.25, 0.3) is 0 Å². The van der Waals surface area contributed by atoms with E-state index in [2.05, 4.69) is 80.7 Å². The summed E-state index contributed by atoms with van der Waals surface area (Å²) >= 11 is 0. The molecule has 2 aromatic carbocycles. The second-order valence-corrected chi connectivity index (χ2v) is 20.8. The molecule has 2 aromatic heterocycles. The van der Waals surface area contributed by atoms with Crippen molar-refractivity contribution in [1.29, 1.82) is 0 Å². The number of likely N-dealkylation sites (tertiary alicyclic amines) is 2. The van der Waals surface area contributed by atoms with E-state index in [1.54, 1.807) is 12.4 Å². The summed E-state index contributed by atoms with van der Waals surface area (Å²) in [5.41, 5.74) is 8.13. The Hall–Kier alpha value is -6.54. The molecule has 0 spiro atoms. The molecule has 4 aromatic rings. The van der Waals surface area contributed by atoms with E-state index in [0.29, 0.717) is 23.2 Å².